The van der Waals surface area contributed by atoms with Crippen molar-refractivity contribution >= 4 is 75.3 Å². The van der Waals surface area contributed by atoms with Crippen LogP contribution in [0.25, 0.3) is 0 Å². The van der Waals surface area contributed by atoms with Gasteiger partial charge in [-0.1, -0.05) is 62.9 Å². The zero-order chi connectivity index (χ0) is 12.9. The monoisotopic (exact) mass is 374 g/mol. The number of carbonyl (C=O) groups is 1. The summed E-state index contributed by atoms with van der Waals surface area (Å²) in [6.45, 7) is 0. The Morgan fingerprint density at radius 3 is 2.65 bits per heavy atom. The van der Waals surface area contributed by atoms with Gasteiger partial charge in [0.1, 0.15) is 0 Å². The van der Waals surface area contributed by atoms with Crippen LogP contribution in [0.15, 0.2) is 33.8 Å². The number of hydrogen-bond donors (Lipinski definition) is 0. The van der Waals surface area contributed by atoms with E-state index in [9.17, 15) is 4.79 Å². The molecule has 17 heavy (non-hydrogen) atoms. The van der Waals surface area contributed by atoms with Gasteiger partial charge in [0.25, 0.3) is 3.12 Å². The Labute approximate surface area is 126 Å². The predicted octanol–water partition coefficient (Wildman–Crippen LogP) is 4.22. The molecule has 8 heteroatoms. The SMILES string of the molecule is O=CN(N=Cc1cccc(Br)c1)SC(Cl)(Cl)Cl. The first-order valence-corrected chi connectivity index (χ1v) is 6.91. The fourth-order valence-corrected chi connectivity index (χ4v) is 2.29. The summed E-state index contributed by atoms with van der Waals surface area (Å²) < 4.78 is 0.219. The lowest BCUT2D eigenvalue weighted by atomic mass is 10.2. The molecule has 0 spiro atoms. The fourth-order valence-electron chi connectivity index (χ4n) is 0.889. The molecule has 1 aromatic rings. The molecule has 0 aliphatic rings. The Morgan fingerprint density at radius 2 is 2.12 bits per heavy atom. The topological polar surface area (TPSA) is 32.7 Å². The summed E-state index contributed by atoms with van der Waals surface area (Å²) in [6, 6.07) is 7.40. The Bertz CT molecular complexity index is 425. The smallest absolute Gasteiger partial charge is 0.258 e. The molecule has 0 atom stereocenters. The first kappa shape index (κ1) is 15.1. The highest BCUT2D eigenvalue weighted by Gasteiger charge is 2.24. The molecule has 92 valence electrons. The van der Waals surface area contributed by atoms with Crippen molar-refractivity contribution in [3.05, 3.63) is 34.3 Å². The largest absolute Gasteiger partial charge is 0.276 e. The van der Waals surface area contributed by atoms with Crippen LogP contribution in [0.3, 0.4) is 0 Å². The maximum absolute atomic E-state index is 10.7. The van der Waals surface area contributed by atoms with E-state index < -0.39 is 3.12 Å². The van der Waals surface area contributed by atoms with Gasteiger partial charge in [-0.15, -0.1) is 0 Å². The van der Waals surface area contributed by atoms with Gasteiger partial charge in [-0.25, -0.2) is 0 Å². The van der Waals surface area contributed by atoms with Gasteiger partial charge in [0.05, 0.1) is 6.21 Å². The summed E-state index contributed by atoms with van der Waals surface area (Å²) in [5.74, 6) is 0. The quantitative estimate of drug-likeness (QED) is 0.259. The van der Waals surface area contributed by atoms with E-state index in [1.54, 1.807) is 0 Å². The third kappa shape index (κ3) is 6.52. The molecule has 0 radical (unpaired) electrons. The van der Waals surface area contributed by atoms with E-state index in [0.29, 0.717) is 18.4 Å². The summed E-state index contributed by atoms with van der Waals surface area (Å²) in [7, 11) is 0. The minimum absolute atomic E-state index is 0.459. The lowest BCUT2D eigenvalue weighted by molar-refractivity contribution is -0.113. The third-order valence-electron chi connectivity index (χ3n) is 1.46. The molecule has 0 N–H and O–H groups in total. The number of alkyl halides is 3. The molecule has 1 rings (SSSR count). The van der Waals surface area contributed by atoms with Crippen LogP contribution in [0.4, 0.5) is 0 Å². The molecule has 0 fully saturated rings. The highest BCUT2D eigenvalue weighted by Crippen LogP contribution is 2.40. The van der Waals surface area contributed by atoms with Crippen molar-refractivity contribution in [2.75, 3.05) is 0 Å². The second-order valence-corrected chi connectivity index (χ2v) is 7.78. The highest BCUT2D eigenvalue weighted by atomic mass is 79.9. The van der Waals surface area contributed by atoms with Gasteiger partial charge in [-0.3, -0.25) is 4.79 Å². The van der Waals surface area contributed by atoms with E-state index in [0.717, 1.165) is 14.5 Å². The molecular weight excluding hydrogens is 370 g/mol. The second-order valence-electron chi connectivity index (χ2n) is 2.74. The van der Waals surface area contributed by atoms with Crippen molar-refractivity contribution in [2.24, 2.45) is 5.10 Å². The maximum atomic E-state index is 10.7. The van der Waals surface area contributed by atoms with Crippen molar-refractivity contribution in [1.29, 1.82) is 0 Å². The van der Waals surface area contributed by atoms with E-state index in [2.05, 4.69) is 21.0 Å². The van der Waals surface area contributed by atoms with Crippen LogP contribution in [0.1, 0.15) is 5.56 Å². The van der Waals surface area contributed by atoms with Gasteiger partial charge < -0.3 is 0 Å². The predicted molar refractivity (Wildman–Crippen MR) is 77.5 cm³/mol. The van der Waals surface area contributed by atoms with E-state index in [4.69, 9.17) is 34.8 Å². The highest BCUT2D eigenvalue weighted by molar-refractivity contribution is 9.10. The normalized spacial score (nSPS) is 11.8. The average molecular weight is 376 g/mol. The number of rotatable bonds is 4. The molecule has 0 aliphatic heterocycles. The minimum atomic E-state index is -1.63. The number of benzene rings is 1. The molecule has 0 bridgehead atoms. The van der Waals surface area contributed by atoms with Crippen molar-refractivity contribution in [2.45, 2.75) is 3.12 Å². The first-order valence-electron chi connectivity index (χ1n) is 4.20. The molecule has 0 aromatic heterocycles. The van der Waals surface area contributed by atoms with Crippen LogP contribution in [0.2, 0.25) is 0 Å². The Kier molecular flexibility index (Phi) is 6.09. The van der Waals surface area contributed by atoms with Gasteiger partial charge in [-0.05, 0) is 17.7 Å². The summed E-state index contributed by atoms with van der Waals surface area (Å²) >= 11 is 20.6. The van der Waals surface area contributed by atoms with Gasteiger partial charge in [0.15, 0.2) is 0 Å². The molecule has 0 aliphatic carbocycles. The zero-order valence-electron chi connectivity index (χ0n) is 8.19. The number of amides is 1. The lowest BCUT2D eigenvalue weighted by Crippen LogP contribution is -2.12. The molecule has 1 aromatic carbocycles. The summed E-state index contributed by atoms with van der Waals surface area (Å²) in [5.41, 5.74) is 0.816. The number of hydrazone groups is 1. The third-order valence-corrected chi connectivity index (χ3v) is 3.15. The maximum Gasteiger partial charge on any atom is 0.258 e. The number of halogens is 4. The molecule has 1 amide bonds. The van der Waals surface area contributed by atoms with Gasteiger partial charge in [-0.2, -0.15) is 9.52 Å². The van der Waals surface area contributed by atoms with Gasteiger partial charge in [0.2, 0.25) is 6.41 Å². The number of hydrogen-bond acceptors (Lipinski definition) is 3. The Hall–Kier alpha value is 0.0600. The van der Waals surface area contributed by atoms with Crippen LogP contribution in [-0.4, -0.2) is 20.2 Å². The van der Waals surface area contributed by atoms with Crippen molar-refractivity contribution in [3.63, 3.8) is 0 Å². The molecule has 0 unspecified atom stereocenters. The first-order chi connectivity index (χ1) is 7.90. The van der Waals surface area contributed by atoms with Crippen LogP contribution in [0, 0.1) is 0 Å². The summed E-state index contributed by atoms with van der Waals surface area (Å²) in [6.07, 6.45) is 1.95. The van der Waals surface area contributed by atoms with Gasteiger partial charge in [0, 0.05) is 16.4 Å². The lowest BCUT2D eigenvalue weighted by Gasteiger charge is -2.14. The van der Waals surface area contributed by atoms with E-state index >= 15 is 0 Å². The van der Waals surface area contributed by atoms with E-state index in [-0.39, 0.29) is 0 Å². The van der Waals surface area contributed by atoms with E-state index in [1.807, 2.05) is 24.3 Å². The molecule has 0 heterocycles. The Morgan fingerprint density at radius 1 is 1.41 bits per heavy atom. The van der Waals surface area contributed by atoms with Crippen molar-refractivity contribution < 1.29 is 4.79 Å². The fraction of sp³-hybridized carbons (Fsp3) is 0.111. The second kappa shape index (κ2) is 6.85. The Balaban J connectivity index is 2.71. The van der Waals surface area contributed by atoms with Crippen LogP contribution in [0.5, 0.6) is 0 Å². The van der Waals surface area contributed by atoms with Gasteiger partial charge >= 0.3 is 0 Å². The van der Waals surface area contributed by atoms with Crippen molar-refractivity contribution in [1.82, 2.24) is 4.41 Å². The molecular formula is C9H6BrCl3N2OS. The molecule has 3 nitrogen and oxygen atoms in total. The van der Waals surface area contributed by atoms with Crippen LogP contribution >= 0.6 is 62.7 Å². The van der Waals surface area contributed by atoms with Crippen LogP contribution in [-0.2, 0) is 4.79 Å². The summed E-state index contributed by atoms with van der Waals surface area (Å²) in [4.78, 5) is 10.7. The molecule has 0 saturated carbocycles. The summed E-state index contributed by atoms with van der Waals surface area (Å²) in [5, 5.41) is 3.87. The minimum Gasteiger partial charge on any atom is -0.276 e. The number of nitrogens with zero attached hydrogens (tertiary/aromatic N) is 2. The van der Waals surface area contributed by atoms with Crippen LogP contribution < -0.4 is 0 Å². The van der Waals surface area contributed by atoms with E-state index in [1.165, 1.54) is 6.21 Å². The average Bonchev–Trinajstić information content (AvgIpc) is 2.23. The number of carbonyl (C=O) groups excluding carboxylic acids is 1. The molecule has 0 saturated heterocycles. The standard InChI is InChI=1S/C9H6BrCl3N2OS/c10-8-3-1-2-7(4-8)5-14-15(6-16)17-9(11,12)13/h1-6H. The van der Waals surface area contributed by atoms with Crippen molar-refractivity contribution in [3.8, 4) is 0 Å². The zero-order valence-corrected chi connectivity index (χ0v) is 12.9.